The fraction of sp³-hybridized carbons (Fsp3) is 0.211. The Balaban J connectivity index is 1.82. The van der Waals surface area contributed by atoms with Crippen molar-refractivity contribution in [2.24, 2.45) is 0 Å². The lowest BCUT2D eigenvalue weighted by atomic mass is 10.1. The van der Waals surface area contributed by atoms with E-state index < -0.39 is 5.97 Å². The van der Waals surface area contributed by atoms with Crippen molar-refractivity contribution in [1.82, 2.24) is 29.1 Å². The molecule has 0 aliphatic carbocycles. The van der Waals surface area contributed by atoms with Crippen LogP contribution >= 0.6 is 0 Å². The Kier molecular flexibility index (Phi) is 4.56. The predicted octanol–water partition coefficient (Wildman–Crippen LogP) is 2.99. The number of rotatable bonds is 5. The summed E-state index contributed by atoms with van der Waals surface area (Å²) in [4.78, 5) is 25.1. The number of esters is 1. The number of hydrogen-bond donors (Lipinski definition) is 0. The maximum Gasteiger partial charge on any atom is 0.358 e. The van der Waals surface area contributed by atoms with E-state index in [-0.39, 0.29) is 23.9 Å². The highest BCUT2D eigenvalue weighted by atomic mass is 19.1. The zero-order valence-electron chi connectivity index (χ0n) is 15.3. The molecular formula is C19H17FN6O2. The fourth-order valence-corrected chi connectivity index (χ4v) is 2.90. The van der Waals surface area contributed by atoms with Crippen LogP contribution < -0.4 is 0 Å². The molecule has 0 aliphatic rings. The Bertz CT molecular complexity index is 1150. The Labute approximate surface area is 159 Å². The molecule has 3 aromatic heterocycles. The van der Waals surface area contributed by atoms with Gasteiger partial charge in [-0.15, -0.1) is 0 Å². The molecule has 142 valence electrons. The topological polar surface area (TPSA) is 87.2 Å². The van der Waals surface area contributed by atoms with Crippen molar-refractivity contribution in [2.75, 3.05) is 6.61 Å². The number of aryl methyl sites for hydroxylation is 1. The molecule has 0 bridgehead atoms. The number of carbonyl (C=O) groups excluding carboxylic acids is 1. The summed E-state index contributed by atoms with van der Waals surface area (Å²) < 4.78 is 21.7. The van der Waals surface area contributed by atoms with Gasteiger partial charge in [0, 0.05) is 12.1 Å². The average molecular weight is 380 g/mol. The van der Waals surface area contributed by atoms with Gasteiger partial charge in [-0.3, -0.25) is 0 Å². The van der Waals surface area contributed by atoms with Crippen molar-refractivity contribution < 1.29 is 13.9 Å². The first kappa shape index (κ1) is 17.8. The van der Waals surface area contributed by atoms with Crippen LogP contribution in [-0.2, 0) is 11.3 Å². The van der Waals surface area contributed by atoms with Gasteiger partial charge in [-0.05, 0) is 38.1 Å². The molecule has 0 spiro atoms. The summed E-state index contributed by atoms with van der Waals surface area (Å²) in [6, 6.07) is 6.13. The molecule has 0 fully saturated rings. The second-order valence-electron chi connectivity index (χ2n) is 5.97. The predicted molar refractivity (Wildman–Crippen MR) is 99.0 cm³/mol. The fourth-order valence-electron chi connectivity index (χ4n) is 2.90. The summed E-state index contributed by atoms with van der Waals surface area (Å²) in [6.45, 7) is 4.64. The Morgan fingerprint density at radius 1 is 1.18 bits per heavy atom. The molecular weight excluding hydrogens is 363 g/mol. The zero-order chi connectivity index (χ0) is 19.7. The van der Waals surface area contributed by atoms with Crippen LogP contribution in [-0.4, -0.2) is 41.7 Å². The van der Waals surface area contributed by atoms with Crippen LogP contribution in [0, 0.1) is 5.82 Å². The molecule has 0 saturated carbocycles. The number of aromatic nitrogens is 6. The molecule has 3 heterocycles. The summed E-state index contributed by atoms with van der Waals surface area (Å²) in [5.74, 6) is -0.588. The molecule has 0 aliphatic heterocycles. The highest BCUT2D eigenvalue weighted by Gasteiger charge is 2.19. The molecule has 0 N–H and O–H groups in total. The molecule has 9 heteroatoms. The zero-order valence-corrected chi connectivity index (χ0v) is 15.3. The summed E-state index contributed by atoms with van der Waals surface area (Å²) in [5.41, 5.74) is 2.90. The largest absolute Gasteiger partial charge is 0.461 e. The number of hydrogen-bond acceptors (Lipinski definition) is 6. The number of nitrogens with zero attached hydrogens (tertiary/aromatic N) is 6. The minimum atomic E-state index is -0.548. The van der Waals surface area contributed by atoms with Crippen molar-refractivity contribution in [1.29, 1.82) is 0 Å². The molecule has 0 saturated heterocycles. The summed E-state index contributed by atoms with van der Waals surface area (Å²) in [7, 11) is 0. The molecule has 0 amide bonds. The minimum Gasteiger partial charge on any atom is -0.461 e. The summed E-state index contributed by atoms with van der Waals surface area (Å²) in [6.07, 6.45) is 4.77. The molecule has 1 aromatic carbocycles. The van der Waals surface area contributed by atoms with Gasteiger partial charge in [0.25, 0.3) is 5.78 Å². The average Bonchev–Trinajstić information content (AvgIpc) is 3.31. The molecule has 0 unspecified atom stereocenters. The Morgan fingerprint density at radius 3 is 2.68 bits per heavy atom. The van der Waals surface area contributed by atoms with Crippen molar-refractivity contribution in [3.8, 4) is 22.6 Å². The van der Waals surface area contributed by atoms with Crippen molar-refractivity contribution in [3.63, 3.8) is 0 Å². The monoisotopic (exact) mass is 380 g/mol. The van der Waals surface area contributed by atoms with Crippen LogP contribution in [0.2, 0.25) is 0 Å². The van der Waals surface area contributed by atoms with Gasteiger partial charge in [-0.2, -0.15) is 5.10 Å². The first-order valence-electron chi connectivity index (χ1n) is 8.81. The van der Waals surface area contributed by atoms with Crippen LogP contribution in [0.3, 0.4) is 0 Å². The van der Waals surface area contributed by atoms with Gasteiger partial charge in [0.15, 0.2) is 5.69 Å². The Morgan fingerprint density at radius 2 is 1.96 bits per heavy atom. The number of halogens is 1. The smallest absolute Gasteiger partial charge is 0.358 e. The molecule has 28 heavy (non-hydrogen) atoms. The van der Waals surface area contributed by atoms with Crippen LogP contribution in [0.25, 0.3) is 28.4 Å². The van der Waals surface area contributed by atoms with Gasteiger partial charge in [0.1, 0.15) is 11.5 Å². The third-order valence-electron chi connectivity index (χ3n) is 4.22. The number of carbonyl (C=O) groups is 1. The van der Waals surface area contributed by atoms with E-state index in [4.69, 9.17) is 4.74 Å². The van der Waals surface area contributed by atoms with E-state index in [0.29, 0.717) is 17.9 Å². The molecule has 0 radical (unpaired) electrons. The van der Waals surface area contributed by atoms with E-state index in [9.17, 15) is 9.18 Å². The second-order valence-corrected chi connectivity index (χ2v) is 5.97. The highest BCUT2D eigenvalue weighted by molar-refractivity contribution is 5.87. The third kappa shape index (κ3) is 3.11. The van der Waals surface area contributed by atoms with E-state index in [1.165, 1.54) is 22.8 Å². The van der Waals surface area contributed by atoms with Gasteiger partial charge >= 0.3 is 5.97 Å². The van der Waals surface area contributed by atoms with Crippen LogP contribution in [0.5, 0.6) is 0 Å². The third-order valence-corrected chi connectivity index (χ3v) is 4.22. The van der Waals surface area contributed by atoms with E-state index in [1.807, 2.05) is 11.5 Å². The van der Waals surface area contributed by atoms with E-state index in [0.717, 1.165) is 11.3 Å². The van der Waals surface area contributed by atoms with Gasteiger partial charge < -0.3 is 9.30 Å². The molecule has 4 aromatic rings. The van der Waals surface area contributed by atoms with Gasteiger partial charge in [-0.25, -0.2) is 28.7 Å². The Hall–Kier alpha value is -3.62. The maximum atomic E-state index is 13.3. The maximum absolute atomic E-state index is 13.3. The molecule has 0 atom stereocenters. The molecule has 4 rings (SSSR count). The second kappa shape index (κ2) is 7.18. The summed E-state index contributed by atoms with van der Waals surface area (Å²) >= 11 is 0. The number of fused-ring (bicyclic) bond motifs is 1. The summed E-state index contributed by atoms with van der Waals surface area (Å²) in [5, 5.41) is 4.20. The van der Waals surface area contributed by atoms with E-state index in [2.05, 4.69) is 20.1 Å². The van der Waals surface area contributed by atoms with Crippen molar-refractivity contribution in [2.45, 2.75) is 20.4 Å². The lowest BCUT2D eigenvalue weighted by Gasteiger charge is -2.05. The highest BCUT2D eigenvalue weighted by Crippen LogP contribution is 2.30. The van der Waals surface area contributed by atoms with Crippen LogP contribution in [0.4, 0.5) is 4.39 Å². The SMILES string of the molecule is CCOC(=O)c1cnn2cc(-c3c(-c4ccc(F)cc4)ncn3CC)nc2n1. The number of imidazole rings is 2. The lowest BCUT2D eigenvalue weighted by Crippen LogP contribution is -2.09. The van der Waals surface area contributed by atoms with E-state index >= 15 is 0 Å². The van der Waals surface area contributed by atoms with Crippen molar-refractivity contribution in [3.05, 3.63) is 54.5 Å². The van der Waals surface area contributed by atoms with Crippen molar-refractivity contribution >= 4 is 11.7 Å². The van der Waals surface area contributed by atoms with Gasteiger partial charge in [0.05, 0.1) is 36.7 Å². The number of benzene rings is 1. The first-order chi connectivity index (χ1) is 13.6. The van der Waals surface area contributed by atoms with Crippen LogP contribution in [0.1, 0.15) is 24.3 Å². The molecule has 8 nitrogen and oxygen atoms in total. The van der Waals surface area contributed by atoms with Gasteiger partial charge in [0.2, 0.25) is 0 Å². The van der Waals surface area contributed by atoms with Gasteiger partial charge in [-0.1, -0.05) is 0 Å². The quantitative estimate of drug-likeness (QED) is 0.495. The standard InChI is InChI=1S/C19H17FN6O2/c1-3-25-11-21-16(12-5-7-13(20)8-6-12)17(25)15-10-26-19(24-15)23-14(9-22-26)18(27)28-4-2/h5-11H,3-4H2,1-2H3. The number of ether oxygens (including phenoxy) is 1. The van der Waals surface area contributed by atoms with E-state index in [1.54, 1.807) is 31.6 Å². The first-order valence-corrected chi connectivity index (χ1v) is 8.81. The van der Waals surface area contributed by atoms with Crippen LogP contribution in [0.15, 0.2) is 43.0 Å². The normalized spacial score (nSPS) is 11.1. The minimum absolute atomic E-state index is 0.0919. The lowest BCUT2D eigenvalue weighted by molar-refractivity contribution is 0.0519.